The van der Waals surface area contributed by atoms with Gasteiger partial charge in [0, 0.05) is 25.0 Å². The summed E-state index contributed by atoms with van der Waals surface area (Å²) in [7, 11) is 1.53. The van der Waals surface area contributed by atoms with Crippen LogP contribution < -0.4 is 16.0 Å². The van der Waals surface area contributed by atoms with Crippen LogP contribution in [-0.2, 0) is 14.3 Å². The van der Waals surface area contributed by atoms with E-state index in [0.717, 1.165) is 0 Å². The molecule has 0 saturated heterocycles. The third-order valence-electron chi connectivity index (χ3n) is 5.25. The molecule has 0 radical (unpaired) electrons. The third kappa shape index (κ3) is 5.89. The molecule has 0 saturated carbocycles. The fourth-order valence-corrected chi connectivity index (χ4v) is 4.00. The quantitative estimate of drug-likeness (QED) is 0.293. The maximum Gasteiger partial charge on any atom is 0.338 e. The van der Waals surface area contributed by atoms with Gasteiger partial charge in [0.25, 0.3) is 0 Å². The minimum atomic E-state index is -0.600. The van der Waals surface area contributed by atoms with Gasteiger partial charge in [-0.25, -0.2) is 14.0 Å². The third-order valence-corrected chi connectivity index (χ3v) is 5.59. The number of rotatable bonds is 8. The predicted octanol–water partition coefficient (Wildman–Crippen LogP) is 4.18. The van der Waals surface area contributed by atoms with Gasteiger partial charge in [0.15, 0.2) is 5.11 Å². The molecule has 180 valence electrons. The van der Waals surface area contributed by atoms with Crippen LogP contribution in [0.1, 0.15) is 25.5 Å². The Kier molecular flexibility index (Phi) is 8.55. The molecule has 0 aliphatic carbocycles. The molecule has 2 aromatic carbocycles. The van der Waals surface area contributed by atoms with Crippen LogP contribution in [0, 0.1) is 5.82 Å². The fourth-order valence-electron chi connectivity index (χ4n) is 3.62. The second kappa shape index (κ2) is 11.6. The van der Waals surface area contributed by atoms with Gasteiger partial charge in [0.2, 0.25) is 0 Å². The maximum atomic E-state index is 13.8. The molecular formula is C24H27FN4O4S. The first-order valence-corrected chi connectivity index (χ1v) is 11.1. The van der Waals surface area contributed by atoms with Gasteiger partial charge in [-0.3, -0.25) is 0 Å². The van der Waals surface area contributed by atoms with E-state index >= 15 is 0 Å². The van der Waals surface area contributed by atoms with Crippen molar-refractivity contribution in [1.29, 1.82) is 0 Å². The summed E-state index contributed by atoms with van der Waals surface area (Å²) >= 11 is 5.51. The summed E-state index contributed by atoms with van der Waals surface area (Å²) in [6.45, 7) is 4.73. The van der Waals surface area contributed by atoms with Gasteiger partial charge in [-0.05, 0) is 55.9 Å². The van der Waals surface area contributed by atoms with Crippen molar-refractivity contribution in [2.45, 2.75) is 19.9 Å². The Balaban J connectivity index is 1.85. The number of halogens is 1. The number of esters is 1. The first kappa shape index (κ1) is 25.1. The average Bonchev–Trinajstić information content (AvgIpc) is 2.80. The molecule has 0 unspecified atom stereocenters. The molecule has 2 aromatic rings. The first-order chi connectivity index (χ1) is 16.3. The molecule has 1 heterocycles. The number of nitrogens with zero attached hydrogens (tertiary/aromatic N) is 1. The van der Waals surface area contributed by atoms with E-state index in [9.17, 15) is 14.0 Å². The second-order valence-electron chi connectivity index (χ2n) is 7.44. The first-order valence-electron chi connectivity index (χ1n) is 10.7. The van der Waals surface area contributed by atoms with Crippen LogP contribution >= 0.6 is 12.2 Å². The molecule has 0 aromatic heterocycles. The van der Waals surface area contributed by atoms with E-state index in [0.29, 0.717) is 34.2 Å². The molecule has 8 nitrogen and oxygen atoms in total. The standard InChI is InChI=1S/C24H27FN4O4S/c1-4-29-15(2)20(22(30)33-13-12-32-3)21(28-24(29)34)16-8-7-9-17(14-16)26-23(31)27-19-11-6-5-10-18(19)25/h5-11,14,21H,4,12-13H2,1-3H3,(H,28,34)(H2,26,27,31)/t21-/m1/s1. The summed E-state index contributed by atoms with van der Waals surface area (Å²) in [6.07, 6.45) is 0. The molecule has 34 heavy (non-hydrogen) atoms. The molecule has 1 atom stereocenters. The smallest absolute Gasteiger partial charge is 0.338 e. The van der Waals surface area contributed by atoms with Crippen molar-refractivity contribution >= 4 is 40.7 Å². The molecule has 2 amide bonds. The van der Waals surface area contributed by atoms with Crippen molar-refractivity contribution in [2.24, 2.45) is 0 Å². The molecule has 10 heteroatoms. The van der Waals surface area contributed by atoms with Crippen LogP contribution in [0.4, 0.5) is 20.6 Å². The highest BCUT2D eigenvalue weighted by Crippen LogP contribution is 2.32. The molecule has 0 bridgehead atoms. The van der Waals surface area contributed by atoms with Crippen LogP contribution in [0.5, 0.6) is 0 Å². The SMILES string of the molecule is CCN1C(=S)N[C@H](c2cccc(NC(=O)Nc3ccccc3F)c2)C(C(=O)OCCOC)=C1C. The highest BCUT2D eigenvalue weighted by atomic mass is 32.1. The molecular weight excluding hydrogens is 459 g/mol. The van der Waals surface area contributed by atoms with E-state index in [2.05, 4.69) is 16.0 Å². The van der Waals surface area contributed by atoms with Crippen LogP contribution in [0.2, 0.25) is 0 Å². The number of allylic oxidation sites excluding steroid dienone is 1. The predicted molar refractivity (Wildman–Crippen MR) is 132 cm³/mol. The summed E-state index contributed by atoms with van der Waals surface area (Å²) in [5.74, 6) is -1.02. The Morgan fingerprint density at radius 3 is 2.62 bits per heavy atom. The van der Waals surface area contributed by atoms with Crippen molar-refractivity contribution in [2.75, 3.05) is 37.5 Å². The number of anilines is 2. The zero-order valence-electron chi connectivity index (χ0n) is 19.2. The summed E-state index contributed by atoms with van der Waals surface area (Å²) in [5.41, 5.74) is 2.32. The number of ether oxygens (including phenoxy) is 2. The summed E-state index contributed by atoms with van der Waals surface area (Å²) in [5, 5.41) is 8.85. The number of carbonyl (C=O) groups is 2. The minimum absolute atomic E-state index is 0.0646. The van der Waals surface area contributed by atoms with E-state index in [-0.39, 0.29) is 18.9 Å². The van der Waals surface area contributed by atoms with Crippen molar-refractivity contribution < 1.29 is 23.5 Å². The average molecular weight is 487 g/mol. The Labute approximate surface area is 203 Å². The Hall–Kier alpha value is -3.50. The highest BCUT2D eigenvalue weighted by Gasteiger charge is 2.34. The van der Waals surface area contributed by atoms with Crippen molar-refractivity contribution in [3.63, 3.8) is 0 Å². The number of benzene rings is 2. The summed E-state index contributed by atoms with van der Waals surface area (Å²) < 4.78 is 24.2. The number of hydrogen-bond acceptors (Lipinski definition) is 5. The van der Waals surface area contributed by atoms with E-state index in [1.807, 2.05) is 24.8 Å². The number of urea groups is 1. The zero-order valence-corrected chi connectivity index (χ0v) is 20.0. The Bertz CT molecular complexity index is 1110. The number of methoxy groups -OCH3 is 1. The molecule has 3 rings (SSSR count). The molecule has 1 aliphatic rings. The van der Waals surface area contributed by atoms with Crippen molar-refractivity contribution in [1.82, 2.24) is 10.2 Å². The molecule has 1 aliphatic heterocycles. The monoisotopic (exact) mass is 486 g/mol. The van der Waals surface area contributed by atoms with Gasteiger partial charge < -0.3 is 30.3 Å². The second-order valence-corrected chi connectivity index (χ2v) is 7.83. The number of para-hydroxylation sites is 1. The lowest BCUT2D eigenvalue weighted by atomic mass is 9.94. The Morgan fingerprint density at radius 2 is 1.91 bits per heavy atom. The molecule has 3 N–H and O–H groups in total. The number of amides is 2. The van der Waals surface area contributed by atoms with Gasteiger partial charge in [-0.2, -0.15) is 0 Å². The van der Waals surface area contributed by atoms with Gasteiger partial charge in [-0.1, -0.05) is 24.3 Å². The van der Waals surface area contributed by atoms with Gasteiger partial charge in [0.1, 0.15) is 12.4 Å². The van der Waals surface area contributed by atoms with E-state index in [4.69, 9.17) is 21.7 Å². The van der Waals surface area contributed by atoms with E-state index in [1.165, 1.54) is 25.3 Å². The largest absolute Gasteiger partial charge is 0.460 e. The number of carbonyl (C=O) groups excluding carboxylic acids is 2. The lowest BCUT2D eigenvalue weighted by Crippen LogP contribution is -2.47. The van der Waals surface area contributed by atoms with Crippen molar-refractivity contribution in [3.8, 4) is 0 Å². The van der Waals surface area contributed by atoms with Crippen LogP contribution in [-0.4, -0.2) is 48.9 Å². The minimum Gasteiger partial charge on any atom is -0.460 e. The normalized spacial score (nSPS) is 15.6. The van der Waals surface area contributed by atoms with E-state index in [1.54, 1.807) is 24.3 Å². The number of thiocarbonyl (C=S) groups is 1. The maximum absolute atomic E-state index is 13.8. The zero-order chi connectivity index (χ0) is 24.7. The summed E-state index contributed by atoms with van der Waals surface area (Å²) in [6, 6.07) is 11.7. The Morgan fingerprint density at radius 1 is 1.15 bits per heavy atom. The van der Waals surface area contributed by atoms with Gasteiger partial charge >= 0.3 is 12.0 Å². The van der Waals surface area contributed by atoms with E-state index < -0.39 is 23.9 Å². The number of hydrogen-bond donors (Lipinski definition) is 3. The molecule has 0 fully saturated rings. The lowest BCUT2D eigenvalue weighted by Gasteiger charge is -2.37. The van der Waals surface area contributed by atoms with Crippen LogP contribution in [0.3, 0.4) is 0 Å². The highest BCUT2D eigenvalue weighted by molar-refractivity contribution is 7.80. The van der Waals surface area contributed by atoms with Crippen LogP contribution in [0.15, 0.2) is 59.8 Å². The number of nitrogens with one attached hydrogen (secondary N) is 3. The summed E-state index contributed by atoms with van der Waals surface area (Å²) in [4.78, 5) is 27.2. The van der Waals surface area contributed by atoms with Crippen molar-refractivity contribution in [3.05, 3.63) is 71.2 Å². The van der Waals surface area contributed by atoms with Crippen LogP contribution in [0.25, 0.3) is 0 Å². The van der Waals surface area contributed by atoms with Gasteiger partial charge in [0.05, 0.1) is 23.9 Å². The van der Waals surface area contributed by atoms with Gasteiger partial charge in [-0.15, -0.1) is 0 Å². The molecule has 0 spiro atoms. The lowest BCUT2D eigenvalue weighted by molar-refractivity contribution is -0.140. The topological polar surface area (TPSA) is 91.9 Å². The fraction of sp³-hybridized carbons (Fsp3) is 0.292.